The van der Waals surface area contributed by atoms with Gasteiger partial charge in [0.25, 0.3) is 0 Å². The van der Waals surface area contributed by atoms with Gasteiger partial charge in [0.15, 0.2) is 0 Å². The molecule has 0 amide bonds. The number of halogens is 1. The fourth-order valence-corrected chi connectivity index (χ4v) is 3.42. The van der Waals surface area contributed by atoms with Crippen molar-refractivity contribution in [2.75, 3.05) is 19.6 Å². The Kier molecular flexibility index (Phi) is 4.65. The van der Waals surface area contributed by atoms with Crippen molar-refractivity contribution in [3.05, 3.63) is 21.3 Å². The number of nitrogens with one attached hydrogen (secondary N) is 1. The zero-order valence-corrected chi connectivity index (χ0v) is 11.3. The quantitative estimate of drug-likeness (QED) is 0.893. The highest BCUT2D eigenvalue weighted by Crippen LogP contribution is 2.24. The van der Waals surface area contributed by atoms with Crippen molar-refractivity contribution in [2.45, 2.75) is 32.4 Å². The minimum Gasteiger partial charge on any atom is -0.317 e. The first-order valence-electron chi connectivity index (χ1n) is 5.98. The Balaban J connectivity index is 1.94. The molecule has 0 saturated carbocycles. The lowest BCUT2D eigenvalue weighted by Gasteiger charge is -2.33. The van der Waals surface area contributed by atoms with E-state index in [2.05, 4.69) is 23.2 Å². The van der Waals surface area contributed by atoms with E-state index >= 15 is 0 Å². The van der Waals surface area contributed by atoms with Gasteiger partial charge in [-0.15, -0.1) is 11.3 Å². The SMILES string of the molecule is CCN(Cc1ccc(Cl)s1)C1CCNCC1. The molecule has 1 aliphatic heterocycles. The van der Waals surface area contributed by atoms with E-state index < -0.39 is 0 Å². The molecule has 2 heterocycles. The molecule has 0 spiro atoms. The van der Waals surface area contributed by atoms with Crippen molar-refractivity contribution in [1.82, 2.24) is 10.2 Å². The molecule has 1 aromatic heterocycles. The van der Waals surface area contributed by atoms with Gasteiger partial charge in [0, 0.05) is 17.5 Å². The molecule has 4 heteroatoms. The summed E-state index contributed by atoms with van der Waals surface area (Å²) in [6.45, 7) is 6.74. The standard InChI is InChI=1S/C12H19ClN2S/c1-2-15(10-5-7-14-8-6-10)9-11-3-4-12(13)16-11/h3-4,10,14H,2,5-9H2,1H3. The number of thiophene rings is 1. The van der Waals surface area contributed by atoms with Gasteiger partial charge < -0.3 is 5.32 Å². The van der Waals surface area contributed by atoms with E-state index in [1.165, 1.54) is 17.7 Å². The second-order valence-corrected chi connectivity index (χ2v) is 6.05. The molecular formula is C12H19ClN2S. The molecule has 2 nitrogen and oxygen atoms in total. The summed E-state index contributed by atoms with van der Waals surface area (Å²) in [6, 6.07) is 4.89. The first kappa shape index (κ1) is 12.4. The second-order valence-electron chi connectivity index (χ2n) is 4.25. The van der Waals surface area contributed by atoms with Crippen molar-refractivity contribution in [2.24, 2.45) is 0 Å². The van der Waals surface area contributed by atoms with Crippen LogP contribution in [-0.2, 0) is 6.54 Å². The average Bonchev–Trinajstić information content (AvgIpc) is 2.73. The summed E-state index contributed by atoms with van der Waals surface area (Å²) in [4.78, 5) is 3.95. The summed E-state index contributed by atoms with van der Waals surface area (Å²) in [6.07, 6.45) is 2.54. The minimum absolute atomic E-state index is 0.743. The Labute approximate surface area is 107 Å². The van der Waals surface area contributed by atoms with Gasteiger partial charge >= 0.3 is 0 Å². The molecule has 2 rings (SSSR count). The van der Waals surface area contributed by atoms with Gasteiger partial charge in [-0.2, -0.15) is 0 Å². The van der Waals surface area contributed by atoms with E-state index in [4.69, 9.17) is 11.6 Å². The summed E-state index contributed by atoms with van der Waals surface area (Å²) >= 11 is 7.67. The van der Waals surface area contributed by atoms with E-state index in [9.17, 15) is 0 Å². The minimum atomic E-state index is 0.743. The van der Waals surface area contributed by atoms with Crippen LogP contribution in [0.1, 0.15) is 24.6 Å². The molecule has 1 saturated heterocycles. The summed E-state index contributed by atoms with van der Waals surface area (Å²) in [5, 5.41) is 3.42. The molecule has 16 heavy (non-hydrogen) atoms. The Bertz CT molecular complexity index is 321. The third-order valence-electron chi connectivity index (χ3n) is 3.22. The van der Waals surface area contributed by atoms with Gasteiger partial charge in [0.1, 0.15) is 0 Å². The van der Waals surface area contributed by atoms with E-state index in [1.807, 2.05) is 6.07 Å². The molecule has 1 aliphatic rings. The van der Waals surface area contributed by atoms with Crippen LogP contribution in [0.3, 0.4) is 0 Å². The zero-order chi connectivity index (χ0) is 11.4. The van der Waals surface area contributed by atoms with Crippen molar-refractivity contribution in [1.29, 1.82) is 0 Å². The lowest BCUT2D eigenvalue weighted by molar-refractivity contribution is 0.163. The number of rotatable bonds is 4. The fourth-order valence-electron chi connectivity index (χ4n) is 2.31. The Morgan fingerprint density at radius 1 is 1.44 bits per heavy atom. The number of piperidine rings is 1. The summed E-state index contributed by atoms with van der Waals surface area (Å²) in [5.41, 5.74) is 0. The predicted octanol–water partition coefficient (Wildman–Crippen LogP) is 2.98. The van der Waals surface area contributed by atoms with Crippen LogP contribution in [0.15, 0.2) is 12.1 Å². The molecule has 1 N–H and O–H groups in total. The normalized spacial score (nSPS) is 18.2. The lowest BCUT2D eigenvalue weighted by Crippen LogP contribution is -2.42. The first-order valence-corrected chi connectivity index (χ1v) is 7.18. The summed E-state index contributed by atoms with van der Waals surface area (Å²) in [5.74, 6) is 0. The van der Waals surface area contributed by atoms with E-state index in [0.717, 1.165) is 36.6 Å². The van der Waals surface area contributed by atoms with Gasteiger partial charge in [0.05, 0.1) is 4.34 Å². The molecule has 1 aromatic rings. The molecule has 90 valence electrons. The van der Waals surface area contributed by atoms with Crippen LogP contribution >= 0.6 is 22.9 Å². The molecule has 0 bridgehead atoms. The van der Waals surface area contributed by atoms with Gasteiger partial charge in [-0.1, -0.05) is 18.5 Å². The molecule has 0 unspecified atom stereocenters. The van der Waals surface area contributed by atoms with E-state index in [0.29, 0.717) is 0 Å². The molecular weight excluding hydrogens is 240 g/mol. The van der Waals surface area contributed by atoms with Crippen LogP contribution in [0, 0.1) is 0 Å². The van der Waals surface area contributed by atoms with Crippen LogP contribution in [0.4, 0.5) is 0 Å². The Morgan fingerprint density at radius 3 is 2.75 bits per heavy atom. The Morgan fingerprint density at radius 2 is 2.19 bits per heavy atom. The predicted molar refractivity (Wildman–Crippen MR) is 71.3 cm³/mol. The maximum Gasteiger partial charge on any atom is 0.0931 e. The number of hydrogen-bond donors (Lipinski definition) is 1. The summed E-state index contributed by atoms with van der Waals surface area (Å²) in [7, 11) is 0. The summed E-state index contributed by atoms with van der Waals surface area (Å²) < 4.78 is 0.899. The van der Waals surface area contributed by atoms with Crippen molar-refractivity contribution in [3.8, 4) is 0 Å². The maximum absolute atomic E-state index is 5.96. The second kappa shape index (κ2) is 6.01. The van der Waals surface area contributed by atoms with Gasteiger partial charge in [0.2, 0.25) is 0 Å². The Hall–Kier alpha value is -0.0900. The highest BCUT2D eigenvalue weighted by atomic mass is 35.5. The third-order valence-corrected chi connectivity index (χ3v) is 4.43. The molecule has 0 aliphatic carbocycles. The third kappa shape index (κ3) is 3.20. The van der Waals surface area contributed by atoms with E-state index in [-0.39, 0.29) is 0 Å². The van der Waals surface area contributed by atoms with Gasteiger partial charge in [-0.05, 0) is 44.6 Å². The molecule has 1 fully saturated rings. The molecule has 0 radical (unpaired) electrons. The lowest BCUT2D eigenvalue weighted by atomic mass is 10.0. The monoisotopic (exact) mass is 258 g/mol. The van der Waals surface area contributed by atoms with Crippen LogP contribution < -0.4 is 5.32 Å². The topological polar surface area (TPSA) is 15.3 Å². The van der Waals surface area contributed by atoms with Crippen LogP contribution in [0.2, 0.25) is 4.34 Å². The van der Waals surface area contributed by atoms with E-state index in [1.54, 1.807) is 11.3 Å². The van der Waals surface area contributed by atoms with Crippen molar-refractivity contribution >= 4 is 22.9 Å². The van der Waals surface area contributed by atoms with Crippen LogP contribution in [-0.4, -0.2) is 30.6 Å². The highest BCUT2D eigenvalue weighted by molar-refractivity contribution is 7.16. The van der Waals surface area contributed by atoms with Crippen molar-refractivity contribution < 1.29 is 0 Å². The van der Waals surface area contributed by atoms with Gasteiger partial charge in [-0.25, -0.2) is 0 Å². The number of hydrogen-bond acceptors (Lipinski definition) is 3. The van der Waals surface area contributed by atoms with Crippen molar-refractivity contribution in [3.63, 3.8) is 0 Å². The maximum atomic E-state index is 5.96. The van der Waals surface area contributed by atoms with Crippen LogP contribution in [0.5, 0.6) is 0 Å². The largest absolute Gasteiger partial charge is 0.317 e. The highest BCUT2D eigenvalue weighted by Gasteiger charge is 2.19. The van der Waals surface area contributed by atoms with Crippen LogP contribution in [0.25, 0.3) is 0 Å². The smallest absolute Gasteiger partial charge is 0.0931 e. The fraction of sp³-hybridized carbons (Fsp3) is 0.667. The average molecular weight is 259 g/mol. The molecule has 0 atom stereocenters. The van der Waals surface area contributed by atoms with Gasteiger partial charge in [-0.3, -0.25) is 4.90 Å². The zero-order valence-electron chi connectivity index (χ0n) is 9.71. The molecule has 0 aromatic carbocycles. The number of nitrogens with zero attached hydrogens (tertiary/aromatic N) is 1. The first-order chi connectivity index (χ1) is 7.79.